The average molecular weight is 438 g/mol. The summed E-state index contributed by atoms with van der Waals surface area (Å²) in [6, 6.07) is 5.32. The summed E-state index contributed by atoms with van der Waals surface area (Å²) in [5.74, 6) is 0.566. The number of benzene rings is 1. The Morgan fingerprint density at radius 1 is 1.17 bits per heavy atom. The van der Waals surface area contributed by atoms with E-state index in [4.69, 9.17) is 0 Å². The van der Waals surface area contributed by atoms with Gasteiger partial charge in [0.1, 0.15) is 15.9 Å². The second-order valence-corrected chi connectivity index (χ2v) is 10.4. The van der Waals surface area contributed by atoms with Crippen molar-refractivity contribution in [2.75, 3.05) is 32.7 Å². The van der Waals surface area contributed by atoms with Crippen LogP contribution in [-0.2, 0) is 14.8 Å². The average Bonchev–Trinajstić information content (AvgIpc) is 3.19. The number of piperazine rings is 1. The first-order chi connectivity index (χ1) is 13.9. The number of amides is 1. The van der Waals surface area contributed by atoms with Gasteiger partial charge in [0.05, 0.1) is 18.3 Å². The zero-order chi connectivity index (χ0) is 20.4. The van der Waals surface area contributed by atoms with Gasteiger partial charge in [0, 0.05) is 32.2 Å². The highest BCUT2D eigenvalue weighted by atomic mass is 32.2. The second-order valence-electron chi connectivity index (χ2n) is 8.00. The Labute approximate surface area is 175 Å². The van der Waals surface area contributed by atoms with E-state index in [1.54, 1.807) is 18.2 Å². The van der Waals surface area contributed by atoms with Crippen molar-refractivity contribution in [3.05, 3.63) is 18.2 Å². The normalized spacial score (nSPS) is 24.6. The molecule has 4 rings (SSSR count). The van der Waals surface area contributed by atoms with Crippen molar-refractivity contribution < 1.29 is 13.2 Å². The van der Waals surface area contributed by atoms with Crippen LogP contribution in [0.15, 0.2) is 23.1 Å². The number of fused-ring (bicyclic) bond motifs is 1. The summed E-state index contributed by atoms with van der Waals surface area (Å²) in [7, 11) is -3.63. The molecule has 8 nitrogen and oxygen atoms in total. The highest BCUT2D eigenvalue weighted by Crippen LogP contribution is 2.25. The molecule has 2 atom stereocenters. The summed E-state index contributed by atoms with van der Waals surface area (Å²) in [5.41, 5.74) is 1.03. The van der Waals surface area contributed by atoms with E-state index in [0.29, 0.717) is 49.7 Å². The number of nitrogens with one attached hydrogen (secondary N) is 1. The van der Waals surface area contributed by atoms with Crippen LogP contribution in [0.25, 0.3) is 11.0 Å². The molecule has 2 unspecified atom stereocenters. The minimum Gasteiger partial charge on any atom is -0.352 e. The lowest BCUT2D eigenvalue weighted by molar-refractivity contribution is -0.123. The van der Waals surface area contributed by atoms with Gasteiger partial charge in [-0.05, 0) is 30.9 Å². The van der Waals surface area contributed by atoms with Gasteiger partial charge in [-0.1, -0.05) is 25.8 Å². The van der Waals surface area contributed by atoms with Crippen molar-refractivity contribution in [3.63, 3.8) is 0 Å². The minimum absolute atomic E-state index is 0.0402. The summed E-state index contributed by atoms with van der Waals surface area (Å²) < 4.78 is 36.0. The number of carbonyl (C=O) groups is 1. The highest BCUT2D eigenvalue weighted by Gasteiger charge is 2.31. The lowest BCUT2D eigenvalue weighted by Gasteiger charge is -2.34. The van der Waals surface area contributed by atoms with Crippen molar-refractivity contribution in [1.29, 1.82) is 0 Å². The molecule has 1 aromatic carbocycles. The molecule has 0 spiro atoms. The molecule has 29 heavy (non-hydrogen) atoms. The maximum absolute atomic E-state index is 13.1. The summed E-state index contributed by atoms with van der Waals surface area (Å²) in [5, 5.41) is 3.17. The van der Waals surface area contributed by atoms with Crippen LogP contribution in [0.4, 0.5) is 0 Å². The van der Waals surface area contributed by atoms with Crippen LogP contribution in [0, 0.1) is 5.92 Å². The molecule has 158 valence electrons. The van der Waals surface area contributed by atoms with Gasteiger partial charge >= 0.3 is 0 Å². The summed E-state index contributed by atoms with van der Waals surface area (Å²) >= 11 is 1.02. The molecule has 1 amide bonds. The fourth-order valence-corrected chi connectivity index (χ4v) is 6.42. The van der Waals surface area contributed by atoms with Crippen LogP contribution in [0.2, 0.25) is 0 Å². The smallest absolute Gasteiger partial charge is 0.245 e. The van der Waals surface area contributed by atoms with Crippen LogP contribution in [0.5, 0.6) is 0 Å². The quantitative estimate of drug-likeness (QED) is 0.765. The third-order valence-corrected chi connectivity index (χ3v) is 8.50. The largest absolute Gasteiger partial charge is 0.352 e. The molecule has 1 saturated heterocycles. The Morgan fingerprint density at radius 2 is 1.93 bits per heavy atom. The Kier molecular flexibility index (Phi) is 6.14. The number of carbonyl (C=O) groups excluding carboxylic acids is 1. The van der Waals surface area contributed by atoms with Gasteiger partial charge in [-0.3, -0.25) is 9.69 Å². The lowest BCUT2D eigenvalue weighted by Crippen LogP contribution is -2.52. The lowest BCUT2D eigenvalue weighted by atomic mass is 9.86. The van der Waals surface area contributed by atoms with Gasteiger partial charge in [0.25, 0.3) is 0 Å². The molecule has 2 aliphatic rings. The van der Waals surface area contributed by atoms with Crippen molar-refractivity contribution in [2.45, 2.75) is 43.5 Å². The van der Waals surface area contributed by atoms with Crippen LogP contribution in [0.3, 0.4) is 0 Å². The van der Waals surface area contributed by atoms with E-state index < -0.39 is 10.0 Å². The molecule has 1 aromatic heterocycles. The van der Waals surface area contributed by atoms with E-state index in [2.05, 4.69) is 21.0 Å². The Balaban J connectivity index is 1.34. The molecule has 2 heterocycles. The van der Waals surface area contributed by atoms with Gasteiger partial charge in [0.2, 0.25) is 15.9 Å². The van der Waals surface area contributed by atoms with E-state index in [1.165, 1.54) is 23.6 Å². The molecule has 1 saturated carbocycles. The fraction of sp³-hybridized carbons (Fsp3) is 0.632. The summed E-state index contributed by atoms with van der Waals surface area (Å²) in [4.78, 5) is 14.7. The zero-order valence-corrected chi connectivity index (χ0v) is 18.2. The number of rotatable bonds is 5. The van der Waals surface area contributed by atoms with E-state index >= 15 is 0 Å². The molecular formula is C19H27N5O3S2. The zero-order valence-electron chi connectivity index (χ0n) is 16.6. The van der Waals surface area contributed by atoms with Gasteiger partial charge < -0.3 is 5.32 Å². The molecule has 10 heteroatoms. The first-order valence-electron chi connectivity index (χ1n) is 10.2. The molecule has 1 aliphatic carbocycles. The Morgan fingerprint density at radius 3 is 2.69 bits per heavy atom. The SMILES string of the molecule is CC1CCCCC1NC(=O)CN1CCN(S(=O)(=O)c2cccc3nsnc23)CC1. The van der Waals surface area contributed by atoms with Crippen LogP contribution in [-0.4, -0.2) is 71.0 Å². The molecule has 0 bridgehead atoms. The molecular weight excluding hydrogens is 410 g/mol. The molecule has 1 aliphatic heterocycles. The first kappa shape index (κ1) is 20.6. The van der Waals surface area contributed by atoms with Crippen LogP contribution < -0.4 is 5.32 Å². The molecule has 0 radical (unpaired) electrons. The van der Waals surface area contributed by atoms with Crippen molar-refractivity contribution >= 4 is 38.7 Å². The van der Waals surface area contributed by atoms with Crippen LogP contribution in [0.1, 0.15) is 32.6 Å². The van der Waals surface area contributed by atoms with E-state index in [-0.39, 0.29) is 16.8 Å². The maximum atomic E-state index is 13.1. The minimum atomic E-state index is -3.63. The van der Waals surface area contributed by atoms with Gasteiger partial charge in [0.15, 0.2) is 0 Å². The third-order valence-electron chi connectivity index (χ3n) is 6.02. The Hall–Kier alpha value is -1.62. The number of sulfonamides is 1. The molecule has 2 aromatic rings. The second kappa shape index (κ2) is 8.63. The fourth-order valence-electron chi connectivity index (χ4n) is 4.24. The van der Waals surface area contributed by atoms with Crippen LogP contribution >= 0.6 is 11.7 Å². The van der Waals surface area contributed by atoms with E-state index in [1.807, 2.05) is 4.90 Å². The first-order valence-corrected chi connectivity index (χ1v) is 12.4. The van der Waals surface area contributed by atoms with Crippen molar-refractivity contribution in [1.82, 2.24) is 23.3 Å². The number of hydrogen-bond donors (Lipinski definition) is 1. The third kappa shape index (κ3) is 4.45. The predicted octanol–water partition coefficient (Wildman–Crippen LogP) is 1.69. The predicted molar refractivity (Wildman–Crippen MR) is 112 cm³/mol. The monoisotopic (exact) mass is 437 g/mol. The van der Waals surface area contributed by atoms with Gasteiger partial charge in [-0.25, -0.2) is 8.42 Å². The topological polar surface area (TPSA) is 95.5 Å². The number of hydrogen-bond acceptors (Lipinski definition) is 7. The van der Waals surface area contributed by atoms with E-state index in [0.717, 1.165) is 18.1 Å². The standard InChI is InChI=1S/C19H27N5O3S2/c1-14-5-2-3-6-15(14)20-18(25)13-23-9-11-24(12-10-23)29(26,27)17-8-4-7-16-19(17)22-28-21-16/h4,7-8,14-15H,2-3,5-6,9-13H2,1H3,(H,20,25). The van der Waals surface area contributed by atoms with Crippen molar-refractivity contribution in [3.8, 4) is 0 Å². The summed E-state index contributed by atoms with van der Waals surface area (Å²) in [6.07, 6.45) is 4.64. The van der Waals surface area contributed by atoms with Gasteiger partial charge in [-0.15, -0.1) is 0 Å². The summed E-state index contributed by atoms with van der Waals surface area (Å²) in [6.45, 7) is 4.33. The van der Waals surface area contributed by atoms with Crippen molar-refractivity contribution in [2.24, 2.45) is 5.92 Å². The number of aromatic nitrogens is 2. The van der Waals surface area contributed by atoms with E-state index in [9.17, 15) is 13.2 Å². The maximum Gasteiger partial charge on any atom is 0.245 e. The molecule has 2 fully saturated rings. The van der Waals surface area contributed by atoms with Gasteiger partial charge in [-0.2, -0.15) is 13.1 Å². The molecule has 1 N–H and O–H groups in total. The number of nitrogens with zero attached hydrogens (tertiary/aromatic N) is 4. The highest BCUT2D eigenvalue weighted by molar-refractivity contribution is 7.89. The Bertz CT molecular complexity index is 969.